The summed E-state index contributed by atoms with van der Waals surface area (Å²) in [6.45, 7) is 0.784. The van der Waals surface area contributed by atoms with Crippen molar-refractivity contribution >= 4 is 34.3 Å². The predicted molar refractivity (Wildman–Crippen MR) is 115 cm³/mol. The van der Waals surface area contributed by atoms with Crippen molar-refractivity contribution in [2.45, 2.75) is 6.18 Å². The van der Waals surface area contributed by atoms with Crippen LogP contribution in [-0.2, 0) is 6.18 Å². The third-order valence-electron chi connectivity index (χ3n) is 4.66. The molecule has 1 aromatic heterocycles. The van der Waals surface area contributed by atoms with Crippen LogP contribution in [0.3, 0.4) is 0 Å². The van der Waals surface area contributed by atoms with Crippen LogP contribution >= 0.6 is 12.2 Å². The van der Waals surface area contributed by atoms with Crippen LogP contribution in [0, 0.1) is 0 Å². The SMILES string of the molecule is [O-]/C(=C(\C(=S)Nc1cccc(C(F)(F)F)c1)[n+]1ccccc1)c1ccc2c(c1)OCCO2. The van der Waals surface area contributed by atoms with Crippen LogP contribution < -0.4 is 24.5 Å². The normalized spacial score (nSPS) is 13.8. The van der Waals surface area contributed by atoms with Gasteiger partial charge >= 0.3 is 6.18 Å². The van der Waals surface area contributed by atoms with Gasteiger partial charge < -0.3 is 19.9 Å². The molecule has 0 atom stereocenters. The molecule has 0 saturated heterocycles. The van der Waals surface area contributed by atoms with Crippen molar-refractivity contribution in [3.8, 4) is 11.5 Å². The van der Waals surface area contributed by atoms with E-state index in [9.17, 15) is 18.3 Å². The molecule has 164 valence electrons. The van der Waals surface area contributed by atoms with Crippen LogP contribution in [0.2, 0.25) is 0 Å². The molecule has 0 saturated carbocycles. The van der Waals surface area contributed by atoms with Crippen LogP contribution in [0.4, 0.5) is 18.9 Å². The van der Waals surface area contributed by atoms with Crippen molar-refractivity contribution in [1.29, 1.82) is 0 Å². The van der Waals surface area contributed by atoms with E-state index < -0.39 is 17.5 Å². The standard InChI is InChI=1S/C23H17F3N2O3S/c24-23(25,26)16-5-4-6-17(14-16)27-22(32)20(28-9-2-1-3-10-28)21(29)15-7-8-18-19(13-15)31-12-11-30-18/h1-10,13-14H,11-12H2,(H-,27,29,32). The van der Waals surface area contributed by atoms with E-state index in [1.165, 1.54) is 16.7 Å². The molecule has 9 heteroatoms. The molecule has 1 N–H and O–H groups in total. The van der Waals surface area contributed by atoms with Gasteiger partial charge in [-0.3, -0.25) is 0 Å². The number of pyridine rings is 1. The Bertz CT molecular complexity index is 1180. The molecule has 2 aromatic carbocycles. The number of hydrogen-bond acceptors (Lipinski definition) is 4. The van der Waals surface area contributed by atoms with E-state index >= 15 is 0 Å². The van der Waals surface area contributed by atoms with E-state index in [0.717, 1.165) is 12.1 Å². The van der Waals surface area contributed by atoms with Crippen LogP contribution in [0.25, 0.3) is 11.5 Å². The summed E-state index contributed by atoms with van der Waals surface area (Å²) in [4.78, 5) is -0.0274. The Labute approximate surface area is 187 Å². The molecular formula is C23H17F3N2O3S. The van der Waals surface area contributed by atoms with Gasteiger partial charge in [0.1, 0.15) is 13.2 Å². The Morgan fingerprint density at radius 2 is 1.66 bits per heavy atom. The fourth-order valence-electron chi connectivity index (χ4n) is 3.17. The number of benzene rings is 2. The first-order valence-corrected chi connectivity index (χ1v) is 10.0. The molecule has 5 nitrogen and oxygen atoms in total. The Hall–Kier alpha value is -3.59. The third-order valence-corrected chi connectivity index (χ3v) is 4.95. The van der Waals surface area contributed by atoms with Crippen molar-refractivity contribution in [2.24, 2.45) is 0 Å². The molecule has 0 fully saturated rings. The first-order chi connectivity index (χ1) is 15.3. The van der Waals surface area contributed by atoms with E-state index in [1.807, 2.05) is 0 Å². The van der Waals surface area contributed by atoms with Gasteiger partial charge in [0, 0.05) is 17.8 Å². The molecule has 4 rings (SSSR count). The van der Waals surface area contributed by atoms with Gasteiger partial charge in [0.15, 0.2) is 28.9 Å². The average molecular weight is 458 g/mol. The Morgan fingerprint density at radius 3 is 2.38 bits per heavy atom. The molecule has 0 unspecified atom stereocenters. The highest BCUT2D eigenvalue weighted by Gasteiger charge is 2.30. The number of alkyl halides is 3. The largest absolute Gasteiger partial charge is 0.867 e. The zero-order valence-corrected chi connectivity index (χ0v) is 17.4. The maximum Gasteiger partial charge on any atom is 0.416 e. The number of ether oxygens (including phenoxy) is 2. The van der Waals surface area contributed by atoms with Crippen molar-refractivity contribution in [3.05, 3.63) is 84.2 Å². The summed E-state index contributed by atoms with van der Waals surface area (Å²) in [6, 6.07) is 14.6. The molecule has 32 heavy (non-hydrogen) atoms. The van der Waals surface area contributed by atoms with Crippen LogP contribution in [0.1, 0.15) is 11.1 Å². The maximum absolute atomic E-state index is 13.4. The van der Waals surface area contributed by atoms with Gasteiger partial charge in [-0.25, -0.2) is 0 Å². The lowest BCUT2D eigenvalue weighted by molar-refractivity contribution is -0.577. The molecule has 0 amide bonds. The molecular weight excluding hydrogens is 441 g/mol. The Morgan fingerprint density at radius 1 is 0.938 bits per heavy atom. The smallest absolute Gasteiger partial charge is 0.416 e. The highest BCUT2D eigenvalue weighted by atomic mass is 32.1. The molecule has 0 bridgehead atoms. The summed E-state index contributed by atoms with van der Waals surface area (Å²) >= 11 is 5.45. The number of aromatic nitrogens is 1. The van der Waals surface area contributed by atoms with Gasteiger partial charge in [-0.1, -0.05) is 30.4 Å². The lowest BCUT2D eigenvalue weighted by Gasteiger charge is -2.21. The molecule has 0 aliphatic carbocycles. The van der Waals surface area contributed by atoms with Crippen molar-refractivity contribution in [3.63, 3.8) is 0 Å². The summed E-state index contributed by atoms with van der Waals surface area (Å²) in [5, 5.41) is 16.2. The lowest BCUT2D eigenvalue weighted by Crippen LogP contribution is -2.39. The Kier molecular flexibility index (Phi) is 6.00. The topological polar surface area (TPSA) is 57.4 Å². The van der Waals surface area contributed by atoms with Gasteiger partial charge in [0.05, 0.1) is 5.56 Å². The minimum Gasteiger partial charge on any atom is -0.867 e. The quantitative estimate of drug-likeness (QED) is 0.278. The van der Waals surface area contributed by atoms with Gasteiger partial charge in [0.25, 0.3) is 0 Å². The monoisotopic (exact) mass is 458 g/mol. The predicted octanol–water partition coefficient (Wildman–Crippen LogP) is 3.89. The summed E-state index contributed by atoms with van der Waals surface area (Å²) < 4.78 is 51.8. The number of thiocarbonyl (C=S) groups is 1. The first kappa shape index (κ1) is 21.6. The minimum absolute atomic E-state index is 0.0274. The summed E-state index contributed by atoms with van der Waals surface area (Å²) in [6.07, 6.45) is -1.24. The summed E-state index contributed by atoms with van der Waals surface area (Å²) in [5.41, 5.74) is -0.324. The molecule has 0 radical (unpaired) electrons. The number of halogens is 3. The highest BCUT2D eigenvalue weighted by molar-refractivity contribution is 7.81. The number of nitrogens with one attached hydrogen (secondary N) is 1. The zero-order chi connectivity index (χ0) is 22.7. The van der Waals surface area contributed by atoms with E-state index in [2.05, 4.69) is 5.32 Å². The van der Waals surface area contributed by atoms with E-state index in [0.29, 0.717) is 30.3 Å². The third kappa shape index (κ3) is 4.67. The number of hydrogen-bond donors (Lipinski definition) is 1. The number of rotatable bonds is 4. The molecule has 2 heterocycles. The molecule has 0 spiro atoms. The van der Waals surface area contributed by atoms with Gasteiger partial charge in [-0.15, -0.1) is 0 Å². The zero-order valence-electron chi connectivity index (χ0n) is 16.6. The summed E-state index contributed by atoms with van der Waals surface area (Å²) in [7, 11) is 0. The van der Waals surface area contributed by atoms with Gasteiger partial charge in [0.2, 0.25) is 5.70 Å². The fourth-order valence-corrected chi connectivity index (χ4v) is 3.49. The van der Waals surface area contributed by atoms with Crippen molar-refractivity contribution in [2.75, 3.05) is 18.5 Å². The van der Waals surface area contributed by atoms with Crippen molar-refractivity contribution in [1.82, 2.24) is 0 Å². The number of nitrogens with zero attached hydrogens (tertiary/aromatic N) is 1. The van der Waals surface area contributed by atoms with Gasteiger partial charge in [-0.05, 0) is 41.7 Å². The van der Waals surface area contributed by atoms with Crippen LogP contribution in [-0.4, -0.2) is 18.2 Å². The summed E-state index contributed by atoms with van der Waals surface area (Å²) in [5.74, 6) is 0.547. The van der Waals surface area contributed by atoms with Gasteiger partial charge in [-0.2, -0.15) is 17.7 Å². The fraction of sp³-hybridized carbons (Fsp3) is 0.130. The second-order valence-electron chi connectivity index (χ2n) is 6.85. The van der Waals surface area contributed by atoms with Crippen LogP contribution in [0.5, 0.6) is 11.5 Å². The Balaban J connectivity index is 1.74. The second kappa shape index (κ2) is 8.88. The number of anilines is 1. The number of fused-ring (bicyclic) bond motifs is 1. The van der Waals surface area contributed by atoms with Crippen LogP contribution in [0.15, 0.2) is 73.1 Å². The molecule has 1 aliphatic heterocycles. The average Bonchev–Trinajstić information content (AvgIpc) is 2.79. The first-order valence-electron chi connectivity index (χ1n) is 9.59. The minimum atomic E-state index is -4.50. The molecule has 3 aromatic rings. The van der Waals surface area contributed by atoms with E-state index in [-0.39, 0.29) is 16.4 Å². The van der Waals surface area contributed by atoms with E-state index in [4.69, 9.17) is 21.7 Å². The lowest BCUT2D eigenvalue weighted by atomic mass is 10.1. The van der Waals surface area contributed by atoms with Crippen molar-refractivity contribution < 1.29 is 32.3 Å². The molecule has 1 aliphatic rings. The highest BCUT2D eigenvalue weighted by Crippen LogP contribution is 2.33. The van der Waals surface area contributed by atoms with E-state index in [1.54, 1.807) is 48.8 Å². The maximum atomic E-state index is 13.4. The second-order valence-corrected chi connectivity index (χ2v) is 7.26.